The fourth-order valence-electron chi connectivity index (χ4n) is 1.59. The van der Waals surface area contributed by atoms with Crippen LogP contribution < -0.4 is 10.5 Å². The minimum Gasteiger partial charge on any atom is -0.456 e. The summed E-state index contributed by atoms with van der Waals surface area (Å²) >= 11 is 6.58. The van der Waals surface area contributed by atoms with Crippen molar-refractivity contribution in [3.05, 3.63) is 61.0 Å². The lowest BCUT2D eigenvalue weighted by Gasteiger charge is -2.09. The van der Waals surface area contributed by atoms with Gasteiger partial charge in [-0.15, -0.1) is 0 Å². The molecule has 0 spiro atoms. The Hall–Kier alpha value is -1.93. The lowest BCUT2D eigenvalue weighted by Crippen LogP contribution is -2.11. The van der Waals surface area contributed by atoms with E-state index in [4.69, 9.17) is 15.9 Å². The highest BCUT2D eigenvalue weighted by molar-refractivity contribution is 9.10. The summed E-state index contributed by atoms with van der Waals surface area (Å²) in [6.45, 7) is 0. The zero-order valence-electron chi connectivity index (χ0n) is 10.5. The topological polar surface area (TPSA) is 102 Å². The van der Waals surface area contributed by atoms with Crippen LogP contribution in [0.5, 0.6) is 11.5 Å². The van der Waals surface area contributed by atoms with E-state index in [1.165, 1.54) is 12.1 Å². The van der Waals surface area contributed by atoms with E-state index in [2.05, 4.69) is 31.9 Å². The van der Waals surface area contributed by atoms with Gasteiger partial charge in [0.15, 0.2) is 0 Å². The van der Waals surface area contributed by atoms with Crippen LogP contribution in [-0.2, 0) is 0 Å². The van der Waals surface area contributed by atoms with Gasteiger partial charge in [0.25, 0.3) is 5.69 Å². The van der Waals surface area contributed by atoms with Gasteiger partial charge in [-0.2, -0.15) is 0 Å². The molecule has 0 saturated carbocycles. The van der Waals surface area contributed by atoms with Crippen molar-refractivity contribution in [1.29, 1.82) is 5.41 Å². The number of amidine groups is 1. The Morgan fingerprint density at radius 2 is 1.90 bits per heavy atom. The number of nitrogen functional groups attached to an aromatic ring is 1. The molecular weight excluding hydrogens is 406 g/mol. The minimum absolute atomic E-state index is 0.0624. The third-order valence-electron chi connectivity index (χ3n) is 2.58. The number of benzene rings is 2. The normalized spacial score (nSPS) is 10.2. The van der Waals surface area contributed by atoms with E-state index in [9.17, 15) is 10.1 Å². The standard InChI is InChI=1S/C13H9Br2N3O3/c14-10-4-1-7(18(19)20)5-12(10)21-8-2-3-9(13(16)17)11(15)6-8/h1-6H,(H3,16,17). The van der Waals surface area contributed by atoms with Crippen molar-refractivity contribution < 1.29 is 9.66 Å². The molecule has 0 bridgehead atoms. The Morgan fingerprint density at radius 1 is 1.19 bits per heavy atom. The number of nitrogens with zero attached hydrogens (tertiary/aromatic N) is 1. The predicted molar refractivity (Wildman–Crippen MR) is 86.0 cm³/mol. The summed E-state index contributed by atoms with van der Waals surface area (Å²) in [7, 11) is 0. The molecule has 2 rings (SSSR count). The van der Waals surface area contributed by atoms with Crippen LogP contribution in [0.1, 0.15) is 5.56 Å². The van der Waals surface area contributed by atoms with Gasteiger partial charge >= 0.3 is 0 Å². The van der Waals surface area contributed by atoms with E-state index in [-0.39, 0.29) is 11.5 Å². The molecule has 8 heteroatoms. The minimum atomic E-state index is -0.492. The Kier molecular flexibility index (Phi) is 4.59. The summed E-state index contributed by atoms with van der Waals surface area (Å²) in [5.41, 5.74) is 5.90. The van der Waals surface area contributed by atoms with Crippen LogP contribution in [0.25, 0.3) is 0 Å². The van der Waals surface area contributed by atoms with E-state index in [0.717, 1.165) is 0 Å². The van der Waals surface area contributed by atoms with Crippen molar-refractivity contribution in [2.24, 2.45) is 5.73 Å². The van der Waals surface area contributed by atoms with E-state index in [0.29, 0.717) is 26.0 Å². The molecule has 0 fully saturated rings. The van der Waals surface area contributed by atoms with Crippen molar-refractivity contribution in [3.8, 4) is 11.5 Å². The van der Waals surface area contributed by atoms with Crippen molar-refractivity contribution in [1.82, 2.24) is 0 Å². The van der Waals surface area contributed by atoms with Crippen LogP contribution in [-0.4, -0.2) is 10.8 Å². The molecule has 3 N–H and O–H groups in total. The SMILES string of the molecule is N=C(N)c1ccc(Oc2cc([N+](=O)[O-])ccc2Br)cc1Br. The van der Waals surface area contributed by atoms with Crippen molar-refractivity contribution >= 4 is 43.4 Å². The van der Waals surface area contributed by atoms with Crippen LogP contribution >= 0.6 is 31.9 Å². The number of hydrogen-bond donors (Lipinski definition) is 2. The first-order valence-electron chi connectivity index (χ1n) is 5.64. The number of nitrogens with one attached hydrogen (secondary N) is 1. The zero-order valence-corrected chi connectivity index (χ0v) is 13.6. The highest BCUT2D eigenvalue weighted by atomic mass is 79.9. The fourth-order valence-corrected chi connectivity index (χ4v) is 2.49. The number of nitro benzene ring substituents is 1. The second-order valence-corrected chi connectivity index (χ2v) is 5.74. The Balaban J connectivity index is 2.34. The molecule has 0 aliphatic carbocycles. The number of non-ortho nitro benzene ring substituents is 1. The van der Waals surface area contributed by atoms with Gasteiger partial charge < -0.3 is 10.5 Å². The average Bonchev–Trinajstić information content (AvgIpc) is 2.40. The highest BCUT2D eigenvalue weighted by Gasteiger charge is 2.12. The molecule has 0 aliphatic rings. The molecule has 0 aromatic heterocycles. The van der Waals surface area contributed by atoms with Crippen LogP contribution in [0.4, 0.5) is 5.69 Å². The van der Waals surface area contributed by atoms with Gasteiger partial charge in [0.1, 0.15) is 17.3 Å². The molecule has 0 aliphatic heterocycles. The van der Waals surface area contributed by atoms with Gasteiger partial charge in [0.05, 0.1) is 15.5 Å². The largest absolute Gasteiger partial charge is 0.456 e. The van der Waals surface area contributed by atoms with Gasteiger partial charge in [0, 0.05) is 16.1 Å². The average molecular weight is 415 g/mol. The maximum absolute atomic E-state index is 10.8. The van der Waals surface area contributed by atoms with Gasteiger partial charge in [-0.05, 0) is 56.1 Å². The number of halogens is 2. The quantitative estimate of drug-likeness (QED) is 0.338. The molecule has 0 saturated heterocycles. The molecule has 6 nitrogen and oxygen atoms in total. The molecule has 0 atom stereocenters. The lowest BCUT2D eigenvalue weighted by atomic mass is 10.2. The number of nitro groups is 1. The zero-order chi connectivity index (χ0) is 15.6. The van der Waals surface area contributed by atoms with Crippen molar-refractivity contribution in [3.63, 3.8) is 0 Å². The van der Waals surface area contributed by atoms with Gasteiger partial charge in [-0.25, -0.2) is 0 Å². The molecule has 21 heavy (non-hydrogen) atoms. The summed E-state index contributed by atoms with van der Waals surface area (Å²) in [6, 6.07) is 9.16. The molecule has 2 aromatic carbocycles. The van der Waals surface area contributed by atoms with Crippen LogP contribution in [0, 0.1) is 15.5 Å². The van der Waals surface area contributed by atoms with Crippen molar-refractivity contribution in [2.75, 3.05) is 0 Å². The predicted octanol–water partition coefficient (Wildman–Crippen LogP) is 4.20. The van der Waals surface area contributed by atoms with Gasteiger partial charge in [0.2, 0.25) is 0 Å². The van der Waals surface area contributed by atoms with Crippen LogP contribution in [0.2, 0.25) is 0 Å². The smallest absolute Gasteiger partial charge is 0.273 e. The summed E-state index contributed by atoms with van der Waals surface area (Å²) < 4.78 is 6.83. The Labute approximate surface area is 136 Å². The van der Waals surface area contributed by atoms with Gasteiger partial charge in [-0.1, -0.05) is 0 Å². The Morgan fingerprint density at radius 3 is 2.48 bits per heavy atom. The third kappa shape index (κ3) is 3.59. The Bertz CT molecular complexity index is 735. The first-order chi connectivity index (χ1) is 9.88. The fraction of sp³-hybridized carbons (Fsp3) is 0. The summed E-state index contributed by atoms with van der Waals surface area (Å²) in [5.74, 6) is 0.727. The van der Waals surface area contributed by atoms with E-state index < -0.39 is 4.92 Å². The first-order valence-corrected chi connectivity index (χ1v) is 7.23. The second-order valence-electron chi connectivity index (χ2n) is 4.03. The lowest BCUT2D eigenvalue weighted by molar-refractivity contribution is -0.384. The highest BCUT2D eigenvalue weighted by Crippen LogP contribution is 2.34. The molecule has 108 valence electrons. The number of ether oxygens (including phenoxy) is 1. The molecule has 0 heterocycles. The van der Waals surface area contributed by atoms with E-state index >= 15 is 0 Å². The summed E-state index contributed by atoms with van der Waals surface area (Å²) in [4.78, 5) is 10.3. The molecule has 0 radical (unpaired) electrons. The van der Waals surface area contributed by atoms with Crippen molar-refractivity contribution in [2.45, 2.75) is 0 Å². The number of nitrogens with two attached hydrogens (primary N) is 1. The third-order valence-corrected chi connectivity index (χ3v) is 3.90. The first kappa shape index (κ1) is 15.5. The number of hydrogen-bond acceptors (Lipinski definition) is 4. The molecular formula is C13H9Br2N3O3. The van der Waals surface area contributed by atoms with E-state index in [1.807, 2.05) is 0 Å². The van der Waals surface area contributed by atoms with E-state index in [1.54, 1.807) is 24.3 Å². The van der Waals surface area contributed by atoms with Crippen LogP contribution in [0.3, 0.4) is 0 Å². The van der Waals surface area contributed by atoms with Gasteiger partial charge in [-0.3, -0.25) is 15.5 Å². The number of rotatable bonds is 4. The molecule has 0 unspecified atom stereocenters. The maximum Gasteiger partial charge on any atom is 0.273 e. The molecule has 2 aromatic rings. The summed E-state index contributed by atoms with van der Waals surface area (Å²) in [5, 5.41) is 18.2. The maximum atomic E-state index is 10.8. The van der Waals surface area contributed by atoms with Crippen LogP contribution in [0.15, 0.2) is 45.3 Å². The molecule has 0 amide bonds. The monoisotopic (exact) mass is 413 g/mol. The summed E-state index contributed by atoms with van der Waals surface area (Å²) in [6.07, 6.45) is 0. The second kappa shape index (κ2) is 6.23.